The van der Waals surface area contributed by atoms with Crippen LogP contribution in [0.1, 0.15) is 5.56 Å². The van der Waals surface area contributed by atoms with E-state index in [-0.39, 0.29) is 11.7 Å². The maximum Gasteiger partial charge on any atom is 0.236 e. The standard InChI is InChI=1S/C18H16N2O2S2/c1-12-2-4-13(5-3-12)16-10-24-18(19-16)20-17(22)11-23-15-8-6-14(21)7-9-15/h2-10,21H,11H2,1H3,(H,19,20,22). The summed E-state index contributed by atoms with van der Waals surface area (Å²) in [5.41, 5.74) is 3.10. The maximum absolute atomic E-state index is 12.0. The van der Waals surface area contributed by atoms with Gasteiger partial charge >= 0.3 is 0 Å². The van der Waals surface area contributed by atoms with Crippen molar-refractivity contribution in [1.29, 1.82) is 0 Å². The summed E-state index contributed by atoms with van der Waals surface area (Å²) in [4.78, 5) is 17.4. The fraction of sp³-hybridized carbons (Fsp3) is 0.111. The van der Waals surface area contributed by atoms with Gasteiger partial charge < -0.3 is 10.4 Å². The van der Waals surface area contributed by atoms with Crippen LogP contribution < -0.4 is 5.32 Å². The third kappa shape index (κ3) is 4.37. The van der Waals surface area contributed by atoms with E-state index in [1.54, 1.807) is 24.3 Å². The zero-order chi connectivity index (χ0) is 16.9. The van der Waals surface area contributed by atoms with Crippen molar-refractivity contribution in [1.82, 2.24) is 4.98 Å². The molecule has 2 N–H and O–H groups in total. The average molecular weight is 356 g/mol. The monoisotopic (exact) mass is 356 g/mol. The minimum absolute atomic E-state index is 0.0992. The Hall–Kier alpha value is -2.31. The molecule has 4 nitrogen and oxygen atoms in total. The number of aromatic hydroxyl groups is 1. The molecule has 0 saturated heterocycles. The Kier molecular flexibility index (Phi) is 5.17. The van der Waals surface area contributed by atoms with Crippen LogP contribution in [0.25, 0.3) is 11.3 Å². The van der Waals surface area contributed by atoms with Crippen LogP contribution in [0.2, 0.25) is 0 Å². The number of carbonyl (C=O) groups is 1. The first-order valence-corrected chi connectivity index (χ1v) is 9.21. The third-order valence-corrected chi connectivity index (χ3v) is 5.07. The molecule has 1 amide bonds. The van der Waals surface area contributed by atoms with Gasteiger partial charge in [-0.05, 0) is 31.2 Å². The smallest absolute Gasteiger partial charge is 0.236 e. The van der Waals surface area contributed by atoms with E-state index in [9.17, 15) is 9.90 Å². The molecule has 0 fully saturated rings. The summed E-state index contributed by atoms with van der Waals surface area (Å²) in [6.45, 7) is 2.04. The zero-order valence-corrected chi connectivity index (χ0v) is 14.7. The number of phenolic OH excluding ortho intramolecular Hbond substituents is 1. The van der Waals surface area contributed by atoms with Crippen molar-refractivity contribution in [3.05, 3.63) is 59.5 Å². The number of nitrogens with zero attached hydrogens (tertiary/aromatic N) is 1. The van der Waals surface area contributed by atoms with Crippen LogP contribution in [0, 0.1) is 6.92 Å². The molecule has 0 aliphatic heterocycles. The summed E-state index contributed by atoms with van der Waals surface area (Å²) in [5, 5.41) is 14.6. The van der Waals surface area contributed by atoms with Gasteiger partial charge in [0.15, 0.2) is 5.13 Å². The fourth-order valence-corrected chi connectivity index (χ4v) is 3.47. The molecule has 24 heavy (non-hydrogen) atoms. The zero-order valence-electron chi connectivity index (χ0n) is 13.0. The third-order valence-electron chi connectivity index (χ3n) is 3.30. The number of benzene rings is 2. The van der Waals surface area contributed by atoms with Crippen molar-refractivity contribution in [2.24, 2.45) is 0 Å². The Balaban J connectivity index is 1.57. The minimum atomic E-state index is -0.0992. The Morgan fingerprint density at radius 2 is 1.88 bits per heavy atom. The van der Waals surface area contributed by atoms with Gasteiger partial charge in [-0.25, -0.2) is 4.98 Å². The molecule has 122 valence electrons. The molecule has 0 atom stereocenters. The van der Waals surface area contributed by atoms with Crippen molar-refractivity contribution in [3.63, 3.8) is 0 Å². The molecule has 3 rings (SSSR count). The molecule has 1 heterocycles. The van der Waals surface area contributed by atoms with Crippen molar-refractivity contribution < 1.29 is 9.90 Å². The van der Waals surface area contributed by atoms with Gasteiger partial charge in [0.25, 0.3) is 0 Å². The molecule has 0 bridgehead atoms. The first-order valence-electron chi connectivity index (χ1n) is 7.34. The number of amides is 1. The molecule has 0 saturated carbocycles. The van der Waals surface area contributed by atoms with Gasteiger partial charge in [0.2, 0.25) is 5.91 Å². The first-order chi connectivity index (χ1) is 11.6. The lowest BCUT2D eigenvalue weighted by molar-refractivity contribution is -0.113. The van der Waals surface area contributed by atoms with Crippen molar-refractivity contribution in [2.45, 2.75) is 11.8 Å². The highest BCUT2D eigenvalue weighted by Crippen LogP contribution is 2.26. The van der Waals surface area contributed by atoms with Crippen molar-refractivity contribution in [2.75, 3.05) is 11.1 Å². The van der Waals surface area contributed by atoms with Crippen LogP contribution >= 0.6 is 23.1 Å². The van der Waals surface area contributed by atoms with Gasteiger partial charge in [-0.15, -0.1) is 23.1 Å². The number of aromatic nitrogens is 1. The first kappa shape index (κ1) is 16.5. The lowest BCUT2D eigenvalue weighted by Crippen LogP contribution is -2.13. The summed E-state index contributed by atoms with van der Waals surface area (Å²) in [5.74, 6) is 0.414. The Bertz CT molecular complexity index is 827. The molecule has 0 aliphatic carbocycles. The van der Waals surface area contributed by atoms with E-state index in [1.165, 1.54) is 28.7 Å². The molecule has 2 aromatic carbocycles. The van der Waals surface area contributed by atoms with Gasteiger partial charge in [-0.2, -0.15) is 0 Å². The average Bonchev–Trinajstić information content (AvgIpc) is 3.03. The second-order valence-corrected chi connectivity index (χ2v) is 7.14. The highest BCUT2D eigenvalue weighted by molar-refractivity contribution is 8.00. The maximum atomic E-state index is 12.0. The predicted molar refractivity (Wildman–Crippen MR) is 99.7 cm³/mol. The Morgan fingerprint density at radius 3 is 2.58 bits per heavy atom. The number of hydrogen-bond donors (Lipinski definition) is 2. The number of thioether (sulfide) groups is 1. The number of phenols is 1. The number of nitrogens with one attached hydrogen (secondary N) is 1. The van der Waals surface area contributed by atoms with Gasteiger partial charge in [-0.1, -0.05) is 29.8 Å². The highest BCUT2D eigenvalue weighted by Gasteiger charge is 2.08. The van der Waals surface area contributed by atoms with Crippen molar-refractivity contribution >= 4 is 34.1 Å². The number of carbonyl (C=O) groups excluding carboxylic acids is 1. The summed E-state index contributed by atoms with van der Waals surface area (Å²) in [7, 11) is 0. The molecule has 0 spiro atoms. The molecular formula is C18H16N2O2S2. The van der Waals surface area contributed by atoms with E-state index < -0.39 is 0 Å². The molecule has 0 radical (unpaired) electrons. The van der Waals surface area contributed by atoms with E-state index in [4.69, 9.17) is 0 Å². The summed E-state index contributed by atoms with van der Waals surface area (Å²) in [6, 6.07) is 14.9. The summed E-state index contributed by atoms with van der Waals surface area (Å²) >= 11 is 2.83. The molecular weight excluding hydrogens is 340 g/mol. The van der Waals surface area contributed by atoms with Crippen LogP contribution in [0.3, 0.4) is 0 Å². The quantitative estimate of drug-likeness (QED) is 0.658. The van der Waals surface area contributed by atoms with Crippen LogP contribution in [0.15, 0.2) is 58.8 Å². The van der Waals surface area contributed by atoms with Gasteiger partial charge in [0.05, 0.1) is 11.4 Å². The number of anilines is 1. The van der Waals surface area contributed by atoms with E-state index in [0.29, 0.717) is 10.9 Å². The fourth-order valence-electron chi connectivity index (χ4n) is 2.03. The molecule has 1 aromatic heterocycles. The molecule has 3 aromatic rings. The Labute approximate surface area is 148 Å². The van der Waals surface area contributed by atoms with Gasteiger partial charge in [0.1, 0.15) is 5.75 Å². The number of hydrogen-bond acceptors (Lipinski definition) is 5. The Morgan fingerprint density at radius 1 is 1.17 bits per heavy atom. The van der Waals surface area contributed by atoms with Crippen LogP contribution in [-0.2, 0) is 4.79 Å². The largest absolute Gasteiger partial charge is 0.508 e. The summed E-state index contributed by atoms with van der Waals surface area (Å²) in [6.07, 6.45) is 0. The van der Waals surface area contributed by atoms with Gasteiger partial charge in [0, 0.05) is 15.8 Å². The van der Waals surface area contributed by atoms with Crippen LogP contribution in [0.4, 0.5) is 5.13 Å². The normalized spacial score (nSPS) is 10.5. The summed E-state index contributed by atoms with van der Waals surface area (Å²) < 4.78 is 0. The van der Waals surface area contributed by atoms with Crippen LogP contribution in [-0.4, -0.2) is 21.8 Å². The molecule has 6 heteroatoms. The van der Waals surface area contributed by atoms with E-state index >= 15 is 0 Å². The van der Waals surface area contributed by atoms with E-state index in [0.717, 1.165) is 16.2 Å². The van der Waals surface area contributed by atoms with E-state index in [1.807, 2.05) is 36.6 Å². The lowest BCUT2D eigenvalue weighted by atomic mass is 10.1. The van der Waals surface area contributed by atoms with E-state index in [2.05, 4.69) is 10.3 Å². The number of aryl methyl sites for hydroxylation is 1. The molecule has 0 unspecified atom stereocenters. The highest BCUT2D eigenvalue weighted by atomic mass is 32.2. The van der Waals surface area contributed by atoms with Crippen molar-refractivity contribution in [3.8, 4) is 17.0 Å². The number of thiazole rings is 1. The number of rotatable bonds is 5. The van der Waals surface area contributed by atoms with Gasteiger partial charge in [-0.3, -0.25) is 4.79 Å². The molecule has 0 aliphatic rings. The minimum Gasteiger partial charge on any atom is -0.508 e. The second kappa shape index (κ2) is 7.51. The predicted octanol–water partition coefficient (Wildman–Crippen LogP) is 4.55. The lowest BCUT2D eigenvalue weighted by Gasteiger charge is -2.02. The SMILES string of the molecule is Cc1ccc(-c2csc(NC(=O)CSc3ccc(O)cc3)n2)cc1. The topological polar surface area (TPSA) is 62.2 Å². The second-order valence-electron chi connectivity index (χ2n) is 5.23. The van der Waals surface area contributed by atoms with Crippen LogP contribution in [0.5, 0.6) is 5.75 Å².